The molecule has 3 rings (SSSR count). The van der Waals surface area contributed by atoms with Gasteiger partial charge in [0.05, 0.1) is 11.2 Å². The van der Waals surface area contributed by atoms with E-state index in [0.717, 1.165) is 21.8 Å². The van der Waals surface area contributed by atoms with Gasteiger partial charge in [-0.05, 0) is 17.5 Å². The molecule has 2 aromatic heterocycles. The quantitative estimate of drug-likeness (QED) is 0.634. The molecule has 0 spiro atoms. The Morgan fingerprint density at radius 1 is 1.05 bits per heavy atom. The summed E-state index contributed by atoms with van der Waals surface area (Å²) in [6.07, 6.45) is 3.72. The Morgan fingerprint density at radius 3 is 2.41 bits per heavy atom. The van der Waals surface area contributed by atoms with E-state index in [9.17, 15) is 0 Å². The van der Waals surface area contributed by atoms with E-state index in [1.54, 1.807) is 11.8 Å². The second kappa shape index (κ2) is 6.13. The van der Waals surface area contributed by atoms with E-state index in [-0.39, 0.29) is 0 Å². The first kappa shape index (κ1) is 15.1. The maximum atomic E-state index is 4.69. The number of rotatable bonds is 4. The lowest BCUT2D eigenvalue weighted by Crippen LogP contribution is -1.94. The topological polar surface area (TPSA) is 30.2 Å². The summed E-state index contributed by atoms with van der Waals surface area (Å²) in [4.78, 5) is 4.49. The van der Waals surface area contributed by atoms with E-state index in [1.165, 1.54) is 5.56 Å². The van der Waals surface area contributed by atoms with Crippen LogP contribution in [0.4, 0.5) is 0 Å². The molecule has 2 heterocycles. The highest BCUT2D eigenvalue weighted by Gasteiger charge is 2.11. The zero-order valence-corrected chi connectivity index (χ0v) is 14.3. The van der Waals surface area contributed by atoms with Crippen LogP contribution in [-0.2, 0) is 0 Å². The molecule has 0 saturated heterocycles. The molecule has 0 saturated carbocycles. The molecule has 0 bridgehead atoms. The van der Waals surface area contributed by atoms with E-state index >= 15 is 0 Å². The molecule has 0 aliphatic carbocycles. The summed E-state index contributed by atoms with van der Waals surface area (Å²) >= 11 is 1.77. The van der Waals surface area contributed by atoms with Crippen molar-refractivity contribution in [1.82, 2.24) is 14.6 Å². The summed E-state index contributed by atoms with van der Waals surface area (Å²) in [6.45, 7) is 8.78. The molecule has 0 fully saturated rings. The highest BCUT2D eigenvalue weighted by Crippen LogP contribution is 2.28. The molecule has 114 valence electrons. The Labute approximate surface area is 135 Å². The molecular weight excluding hydrogens is 290 g/mol. The van der Waals surface area contributed by atoms with Gasteiger partial charge in [-0.25, -0.2) is 9.50 Å². The molecule has 0 aliphatic heterocycles. The van der Waals surface area contributed by atoms with Crippen LogP contribution in [0.15, 0.2) is 47.8 Å². The molecule has 0 aliphatic rings. The number of hydrogen-bond donors (Lipinski definition) is 0. The lowest BCUT2D eigenvalue weighted by molar-refractivity contribution is 0.866. The normalized spacial score (nSPS) is 11.7. The second-order valence-corrected chi connectivity index (χ2v) is 7.60. The third-order valence-electron chi connectivity index (χ3n) is 3.57. The summed E-state index contributed by atoms with van der Waals surface area (Å²) < 4.78 is 1.92. The highest BCUT2D eigenvalue weighted by atomic mass is 32.2. The molecular formula is C18H21N3S. The minimum Gasteiger partial charge on any atom is -0.246 e. The van der Waals surface area contributed by atoms with Crippen molar-refractivity contribution in [2.24, 2.45) is 0 Å². The van der Waals surface area contributed by atoms with Gasteiger partial charge in [0.15, 0.2) is 0 Å². The minimum absolute atomic E-state index is 0.502. The molecule has 0 N–H and O–H groups in total. The van der Waals surface area contributed by atoms with E-state index in [1.807, 2.05) is 16.9 Å². The van der Waals surface area contributed by atoms with Gasteiger partial charge in [-0.3, -0.25) is 0 Å². The lowest BCUT2D eigenvalue weighted by Gasteiger charge is -2.05. The van der Waals surface area contributed by atoms with Crippen molar-refractivity contribution in [2.45, 2.75) is 43.9 Å². The first-order valence-corrected chi connectivity index (χ1v) is 8.54. The summed E-state index contributed by atoms with van der Waals surface area (Å²) in [5.74, 6) is 0.549. The van der Waals surface area contributed by atoms with Crippen molar-refractivity contribution in [2.75, 3.05) is 0 Å². The summed E-state index contributed by atoms with van der Waals surface area (Å²) in [6, 6.07) is 10.8. The average molecular weight is 311 g/mol. The fourth-order valence-electron chi connectivity index (χ4n) is 2.39. The molecule has 3 nitrogen and oxygen atoms in total. The molecule has 22 heavy (non-hydrogen) atoms. The zero-order chi connectivity index (χ0) is 15.7. The number of hydrogen-bond acceptors (Lipinski definition) is 3. The van der Waals surface area contributed by atoms with Crippen LogP contribution in [0.2, 0.25) is 0 Å². The summed E-state index contributed by atoms with van der Waals surface area (Å²) in [5, 5.41) is 6.23. The molecule has 0 atom stereocenters. The van der Waals surface area contributed by atoms with Gasteiger partial charge in [0.2, 0.25) is 0 Å². The Bertz CT molecular complexity index is 773. The van der Waals surface area contributed by atoms with Crippen LogP contribution < -0.4 is 0 Å². The monoisotopic (exact) mass is 311 g/mol. The lowest BCUT2D eigenvalue weighted by atomic mass is 10.0. The third-order valence-corrected chi connectivity index (χ3v) is 4.58. The van der Waals surface area contributed by atoms with Gasteiger partial charge in [0.1, 0.15) is 5.03 Å². The summed E-state index contributed by atoms with van der Waals surface area (Å²) in [7, 11) is 0. The van der Waals surface area contributed by atoms with Gasteiger partial charge >= 0.3 is 0 Å². The van der Waals surface area contributed by atoms with Crippen molar-refractivity contribution >= 4 is 17.3 Å². The highest BCUT2D eigenvalue weighted by molar-refractivity contribution is 8.00. The van der Waals surface area contributed by atoms with Gasteiger partial charge in [0, 0.05) is 23.2 Å². The van der Waals surface area contributed by atoms with Crippen LogP contribution in [0.1, 0.15) is 39.2 Å². The fourth-order valence-corrected chi connectivity index (χ4v) is 3.23. The predicted octanol–water partition coefficient (Wildman–Crippen LogP) is 5.02. The zero-order valence-electron chi connectivity index (χ0n) is 13.4. The van der Waals surface area contributed by atoms with Gasteiger partial charge in [-0.1, -0.05) is 52.0 Å². The molecule has 4 heteroatoms. The average Bonchev–Trinajstić information content (AvgIpc) is 2.92. The van der Waals surface area contributed by atoms with E-state index in [0.29, 0.717) is 11.2 Å². The predicted molar refractivity (Wildman–Crippen MR) is 93.5 cm³/mol. The smallest absolute Gasteiger partial charge is 0.122 e. The minimum atomic E-state index is 0.502. The SMILES string of the molecule is CC(C)Sc1nccn2nc(-c3ccc(C(C)C)cc3)cc12. The first-order chi connectivity index (χ1) is 10.5. The Kier molecular flexibility index (Phi) is 4.21. The van der Waals surface area contributed by atoms with Gasteiger partial charge < -0.3 is 0 Å². The second-order valence-electron chi connectivity index (χ2n) is 6.04. The van der Waals surface area contributed by atoms with Gasteiger partial charge in [-0.2, -0.15) is 5.10 Å². The van der Waals surface area contributed by atoms with Crippen molar-refractivity contribution in [3.63, 3.8) is 0 Å². The van der Waals surface area contributed by atoms with E-state index in [4.69, 9.17) is 0 Å². The largest absolute Gasteiger partial charge is 0.246 e. The Balaban J connectivity index is 2.01. The number of thioether (sulfide) groups is 1. The van der Waals surface area contributed by atoms with Gasteiger partial charge in [-0.15, -0.1) is 11.8 Å². The van der Waals surface area contributed by atoms with Crippen molar-refractivity contribution in [1.29, 1.82) is 0 Å². The van der Waals surface area contributed by atoms with Crippen molar-refractivity contribution in [3.8, 4) is 11.3 Å². The summed E-state index contributed by atoms with van der Waals surface area (Å²) in [5.41, 5.74) is 4.57. The van der Waals surface area contributed by atoms with Crippen LogP contribution in [0.25, 0.3) is 16.8 Å². The maximum absolute atomic E-state index is 4.69. The molecule has 1 aromatic carbocycles. The van der Waals surface area contributed by atoms with Crippen LogP contribution in [0.3, 0.4) is 0 Å². The van der Waals surface area contributed by atoms with E-state index in [2.05, 4.69) is 68.1 Å². The maximum Gasteiger partial charge on any atom is 0.122 e. The third kappa shape index (κ3) is 3.02. The first-order valence-electron chi connectivity index (χ1n) is 7.66. The molecule has 0 amide bonds. The Morgan fingerprint density at radius 2 is 1.77 bits per heavy atom. The standard InChI is InChI=1S/C18H21N3S/c1-12(2)14-5-7-15(8-6-14)16-11-17-18(22-13(3)4)19-9-10-21(17)20-16/h5-13H,1-4H3. The number of nitrogens with zero attached hydrogens (tertiary/aromatic N) is 3. The van der Waals surface area contributed by atoms with Crippen LogP contribution >= 0.6 is 11.8 Å². The molecule has 0 radical (unpaired) electrons. The number of fused-ring (bicyclic) bond motifs is 1. The molecule has 0 unspecified atom stereocenters. The Hall–Kier alpha value is -1.81. The van der Waals surface area contributed by atoms with Crippen LogP contribution in [0, 0.1) is 0 Å². The van der Waals surface area contributed by atoms with Crippen molar-refractivity contribution in [3.05, 3.63) is 48.3 Å². The van der Waals surface area contributed by atoms with Crippen LogP contribution in [-0.4, -0.2) is 19.8 Å². The van der Waals surface area contributed by atoms with Gasteiger partial charge in [0.25, 0.3) is 0 Å². The van der Waals surface area contributed by atoms with Crippen LogP contribution in [0.5, 0.6) is 0 Å². The van der Waals surface area contributed by atoms with Crippen molar-refractivity contribution < 1.29 is 0 Å². The molecule has 3 aromatic rings. The number of benzene rings is 1. The van der Waals surface area contributed by atoms with E-state index < -0.39 is 0 Å². The fraction of sp³-hybridized carbons (Fsp3) is 0.333. The number of aromatic nitrogens is 3.